The van der Waals surface area contributed by atoms with Gasteiger partial charge in [0.1, 0.15) is 5.51 Å². The minimum absolute atomic E-state index is 0.0615. The molecule has 2 aromatic rings. The van der Waals surface area contributed by atoms with Crippen molar-refractivity contribution < 1.29 is 9.59 Å². The van der Waals surface area contributed by atoms with Crippen LogP contribution >= 0.6 is 11.3 Å². The summed E-state index contributed by atoms with van der Waals surface area (Å²) in [5, 5.41) is 13.0. The lowest BCUT2D eigenvalue weighted by atomic mass is 10.0. The molecule has 1 heterocycles. The summed E-state index contributed by atoms with van der Waals surface area (Å²) >= 11 is 1.22. The van der Waals surface area contributed by atoms with Crippen LogP contribution in [-0.2, 0) is 4.79 Å². The molecule has 0 spiro atoms. The lowest BCUT2D eigenvalue weighted by molar-refractivity contribution is -0.116. The maximum atomic E-state index is 12.0. The van der Waals surface area contributed by atoms with E-state index in [1.54, 1.807) is 0 Å². The lowest BCUT2D eigenvalue weighted by Crippen LogP contribution is -2.35. The van der Waals surface area contributed by atoms with E-state index in [0.29, 0.717) is 5.13 Å². The minimum atomic E-state index is -0.676. The van der Waals surface area contributed by atoms with Crippen LogP contribution in [0.4, 0.5) is 9.93 Å². The summed E-state index contributed by atoms with van der Waals surface area (Å²) in [5.41, 5.74) is 8.56. The Morgan fingerprint density at radius 1 is 1.43 bits per heavy atom. The smallest absolute Gasteiger partial charge is 0.312 e. The SMILES string of the molecule is Cc1cccc([C@H](CC(=O)Nc2nncs2)NC(N)=O)c1. The molecule has 21 heavy (non-hydrogen) atoms. The van der Waals surface area contributed by atoms with Gasteiger partial charge in [-0.2, -0.15) is 0 Å². The number of nitrogens with zero attached hydrogens (tertiary/aromatic N) is 2. The third-order valence-corrected chi connectivity index (χ3v) is 3.36. The standard InChI is InChI=1S/C13H15N5O2S/c1-8-3-2-4-9(5-8)10(16-12(14)20)6-11(19)17-13-18-15-7-21-13/h2-5,7,10H,6H2,1H3,(H3,14,16,20)(H,17,18,19)/t10-/m0/s1. The zero-order valence-corrected chi connectivity index (χ0v) is 12.2. The van der Waals surface area contributed by atoms with Crippen LogP contribution < -0.4 is 16.4 Å². The first-order valence-electron chi connectivity index (χ1n) is 6.23. The molecule has 3 amide bonds. The molecule has 1 atom stereocenters. The second kappa shape index (κ2) is 6.80. The van der Waals surface area contributed by atoms with Crippen molar-refractivity contribution >= 4 is 28.4 Å². The number of primary amides is 1. The highest BCUT2D eigenvalue weighted by molar-refractivity contribution is 7.13. The summed E-state index contributed by atoms with van der Waals surface area (Å²) in [4.78, 5) is 23.1. The van der Waals surface area contributed by atoms with Gasteiger partial charge in [0.05, 0.1) is 12.5 Å². The number of rotatable bonds is 5. The fourth-order valence-electron chi connectivity index (χ4n) is 1.89. The molecule has 0 saturated heterocycles. The molecule has 1 aromatic heterocycles. The van der Waals surface area contributed by atoms with Gasteiger partial charge in [-0.3, -0.25) is 4.79 Å². The maximum Gasteiger partial charge on any atom is 0.312 e. The molecule has 0 saturated carbocycles. The summed E-state index contributed by atoms with van der Waals surface area (Å²) in [6.45, 7) is 1.94. The average Bonchev–Trinajstić information content (AvgIpc) is 2.90. The molecule has 0 aliphatic heterocycles. The molecule has 2 rings (SSSR count). The summed E-state index contributed by atoms with van der Waals surface area (Å²) < 4.78 is 0. The van der Waals surface area contributed by atoms with Gasteiger partial charge in [0.2, 0.25) is 11.0 Å². The normalized spacial score (nSPS) is 11.7. The van der Waals surface area contributed by atoms with Crippen LogP contribution in [0, 0.1) is 6.92 Å². The van der Waals surface area contributed by atoms with Crippen molar-refractivity contribution in [1.29, 1.82) is 0 Å². The van der Waals surface area contributed by atoms with Crippen molar-refractivity contribution in [2.24, 2.45) is 5.73 Å². The first-order chi connectivity index (χ1) is 10.0. The topological polar surface area (TPSA) is 110 Å². The second-order valence-corrected chi connectivity index (χ2v) is 5.30. The van der Waals surface area contributed by atoms with Crippen LogP contribution in [0.15, 0.2) is 29.8 Å². The molecule has 0 aliphatic carbocycles. The van der Waals surface area contributed by atoms with Crippen LogP contribution in [0.25, 0.3) is 0 Å². The fourth-order valence-corrected chi connectivity index (χ4v) is 2.36. The molecule has 7 nitrogen and oxygen atoms in total. The zero-order valence-electron chi connectivity index (χ0n) is 11.4. The number of benzene rings is 1. The van der Waals surface area contributed by atoms with E-state index in [1.165, 1.54) is 16.8 Å². The van der Waals surface area contributed by atoms with Gasteiger partial charge >= 0.3 is 6.03 Å². The first kappa shape index (κ1) is 14.9. The van der Waals surface area contributed by atoms with Crippen molar-refractivity contribution in [3.05, 3.63) is 40.9 Å². The summed E-state index contributed by atoms with van der Waals surface area (Å²) in [7, 11) is 0. The first-order valence-corrected chi connectivity index (χ1v) is 7.11. The Hall–Kier alpha value is -2.48. The van der Waals surface area contributed by atoms with Crippen molar-refractivity contribution in [3.8, 4) is 0 Å². The minimum Gasteiger partial charge on any atom is -0.352 e. The fraction of sp³-hybridized carbons (Fsp3) is 0.231. The average molecular weight is 305 g/mol. The Morgan fingerprint density at radius 2 is 2.24 bits per heavy atom. The predicted molar refractivity (Wildman–Crippen MR) is 79.8 cm³/mol. The second-order valence-electron chi connectivity index (χ2n) is 4.47. The number of amides is 3. The van der Waals surface area contributed by atoms with Crippen LogP contribution in [0.3, 0.4) is 0 Å². The third-order valence-electron chi connectivity index (χ3n) is 2.76. The Morgan fingerprint density at radius 3 is 2.86 bits per heavy atom. The molecular formula is C13H15N5O2S. The van der Waals surface area contributed by atoms with Gasteiger partial charge in [0.25, 0.3) is 0 Å². The van der Waals surface area contributed by atoms with E-state index >= 15 is 0 Å². The number of carbonyl (C=O) groups excluding carboxylic acids is 2. The quantitative estimate of drug-likeness (QED) is 0.779. The Kier molecular flexibility index (Phi) is 4.83. The van der Waals surface area contributed by atoms with Crippen molar-refractivity contribution in [2.75, 3.05) is 5.32 Å². The van der Waals surface area contributed by atoms with Crippen molar-refractivity contribution in [3.63, 3.8) is 0 Å². The highest BCUT2D eigenvalue weighted by Crippen LogP contribution is 2.19. The monoisotopic (exact) mass is 305 g/mol. The molecule has 110 valence electrons. The van der Waals surface area contributed by atoms with E-state index in [1.807, 2.05) is 31.2 Å². The van der Waals surface area contributed by atoms with Crippen LogP contribution in [0.5, 0.6) is 0 Å². The van der Waals surface area contributed by atoms with Gasteiger partial charge in [-0.05, 0) is 12.5 Å². The molecule has 8 heteroatoms. The van der Waals surface area contributed by atoms with E-state index < -0.39 is 12.1 Å². The van der Waals surface area contributed by atoms with E-state index in [0.717, 1.165) is 11.1 Å². The van der Waals surface area contributed by atoms with Gasteiger partial charge < -0.3 is 16.4 Å². The van der Waals surface area contributed by atoms with E-state index in [2.05, 4.69) is 20.8 Å². The third kappa shape index (κ3) is 4.53. The molecule has 0 bridgehead atoms. The molecule has 1 aromatic carbocycles. The predicted octanol–water partition coefficient (Wildman–Crippen LogP) is 1.58. The Balaban J connectivity index is 2.09. The maximum absolute atomic E-state index is 12.0. The molecule has 0 fully saturated rings. The van der Waals surface area contributed by atoms with Crippen molar-refractivity contribution in [1.82, 2.24) is 15.5 Å². The number of carbonyl (C=O) groups is 2. The van der Waals surface area contributed by atoms with Gasteiger partial charge in [-0.1, -0.05) is 41.2 Å². The van der Waals surface area contributed by atoms with Crippen molar-refractivity contribution in [2.45, 2.75) is 19.4 Å². The van der Waals surface area contributed by atoms with Crippen LogP contribution in [0.2, 0.25) is 0 Å². The number of nitrogens with two attached hydrogens (primary N) is 1. The zero-order chi connectivity index (χ0) is 15.2. The molecule has 4 N–H and O–H groups in total. The van der Waals surface area contributed by atoms with Gasteiger partial charge in [0, 0.05) is 0 Å². The highest BCUT2D eigenvalue weighted by atomic mass is 32.1. The van der Waals surface area contributed by atoms with Gasteiger partial charge in [0.15, 0.2) is 0 Å². The molecular weight excluding hydrogens is 290 g/mol. The van der Waals surface area contributed by atoms with Crippen LogP contribution in [0.1, 0.15) is 23.6 Å². The Labute approximate surface area is 125 Å². The number of hydrogen-bond donors (Lipinski definition) is 3. The number of urea groups is 1. The Bertz CT molecular complexity index is 629. The summed E-state index contributed by atoms with van der Waals surface area (Å²) in [6.07, 6.45) is 0.0615. The number of hydrogen-bond acceptors (Lipinski definition) is 5. The van der Waals surface area contributed by atoms with Gasteiger partial charge in [-0.15, -0.1) is 10.2 Å². The number of aryl methyl sites for hydroxylation is 1. The number of anilines is 1. The molecule has 0 unspecified atom stereocenters. The molecule has 0 aliphatic rings. The van der Waals surface area contributed by atoms with Gasteiger partial charge in [-0.25, -0.2) is 4.79 Å². The number of aromatic nitrogens is 2. The summed E-state index contributed by atoms with van der Waals surface area (Å²) in [6, 6.07) is 6.38. The largest absolute Gasteiger partial charge is 0.352 e. The van der Waals surface area contributed by atoms with E-state index in [9.17, 15) is 9.59 Å². The highest BCUT2D eigenvalue weighted by Gasteiger charge is 2.18. The van der Waals surface area contributed by atoms with E-state index in [4.69, 9.17) is 5.73 Å². The number of nitrogens with one attached hydrogen (secondary N) is 2. The van der Waals surface area contributed by atoms with E-state index in [-0.39, 0.29) is 12.3 Å². The summed E-state index contributed by atoms with van der Waals surface area (Å²) in [5.74, 6) is -0.271. The molecule has 0 radical (unpaired) electrons. The van der Waals surface area contributed by atoms with Crippen LogP contribution in [-0.4, -0.2) is 22.1 Å². The lowest BCUT2D eigenvalue weighted by Gasteiger charge is -2.17.